The van der Waals surface area contributed by atoms with Crippen molar-refractivity contribution in [1.82, 2.24) is 0 Å². The summed E-state index contributed by atoms with van der Waals surface area (Å²) >= 11 is 0. The number of nitriles is 1. The Morgan fingerprint density at radius 2 is 1.75 bits per heavy atom. The van der Waals surface area contributed by atoms with Crippen molar-refractivity contribution in [2.75, 3.05) is 23.7 Å². The predicted octanol–water partition coefficient (Wildman–Crippen LogP) is 3.69. The maximum atomic E-state index is 8.94. The molecule has 0 aromatic heterocycles. The third kappa shape index (κ3) is 2.47. The molecule has 0 bridgehead atoms. The van der Waals surface area contributed by atoms with E-state index in [-0.39, 0.29) is 0 Å². The SMILES string of the molecule is N#Cc1ccc(N2CCC3(CCCCC3)CC2)cc1N. The minimum Gasteiger partial charge on any atom is -0.398 e. The lowest BCUT2D eigenvalue weighted by Gasteiger charge is -2.45. The average Bonchev–Trinajstić information content (AvgIpc) is 2.49. The van der Waals surface area contributed by atoms with Gasteiger partial charge in [-0.25, -0.2) is 0 Å². The summed E-state index contributed by atoms with van der Waals surface area (Å²) in [6.45, 7) is 2.26. The van der Waals surface area contributed by atoms with Crippen molar-refractivity contribution < 1.29 is 0 Å². The molecule has 1 saturated heterocycles. The van der Waals surface area contributed by atoms with Crippen LogP contribution in [-0.2, 0) is 0 Å². The van der Waals surface area contributed by atoms with Gasteiger partial charge >= 0.3 is 0 Å². The fourth-order valence-corrected chi connectivity index (χ4v) is 3.89. The number of nitrogens with zero attached hydrogens (tertiary/aromatic N) is 2. The van der Waals surface area contributed by atoms with E-state index < -0.39 is 0 Å². The Balaban J connectivity index is 1.69. The normalized spacial score (nSPS) is 21.6. The summed E-state index contributed by atoms with van der Waals surface area (Å²) in [4.78, 5) is 2.43. The zero-order chi connectivity index (χ0) is 14.0. The molecule has 0 unspecified atom stereocenters. The highest BCUT2D eigenvalue weighted by molar-refractivity contribution is 5.63. The molecule has 2 fully saturated rings. The van der Waals surface area contributed by atoms with Gasteiger partial charge in [0.1, 0.15) is 6.07 Å². The second-order valence-corrected chi connectivity index (χ2v) is 6.43. The molecule has 0 amide bonds. The molecule has 0 radical (unpaired) electrons. The van der Waals surface area contributed by atoms with Gasteiger partial charge in [-0.2, -0.15) is 5.26 Å². The Hall–Kier alpha value is -1.69. The lowest BCUT2D eigenvalue weighted by molar-refractivity contribution is 0.144. The summed E-state index contributed by atoms with van der Waals surface area (Å²) in [5.74, 6) is 0. The number of hydrogen-bond acceptors (Lipinski definition) is 3. The van der Waals surface area contributed by atoms with Crippen LogP contribution >= 0.6 is 0 Å². The zero-order valence-corrected chi connectivity index (χ0v) is 12.1. The van der Waals surface area contributed by atoms with Crippen LogP contribution in [0.4, 0.5) is 11.4 Å². The topological polar surface area (TPSA) is 53.0 Å². The second kappa shape index (κ2) is 5.36. The first-order valence-corrected chi connectivity index (χ1v) is 7.77. The first kappa shape index (κ1) is 13.3. The van der Waals surface area contributed by atoms with Crippen LogP contribution in [0.3, 0.4) is 0 Å². The Kier molecular flexibility index (Phi) is 3.56. The fourth-order valence-electron chi connectivity index (χ4n) is 3.89. The molecule has 20 heavy (non-hydrogen) atoms. The lowest BCUT2D eigenvalue weighted by atomic mass is 9.68. The van der Waals surface area contributed by atoms with E-state index in [1.54, 1.807) is 0 Å². The van der Waals surface area contributed by atoms with Crippen molar-refractivity contribution in [3.63, 3.8) is 0 Å². The summed E-state index contributed by atoms with van der Waals surface area (Å²) in [5, 5.41) is 8.94. The highest BCUT2D eigenvalue weighted by Crippen LogP contribution is 2.45. The monoisotopic (exact) mass is 269 g/mol. The lowest BCUT2D eigenvalue weighted by Crippen LogP contribution is -2.41. The van der Waals surface area contributed by atoms with Crippen LogP contribution in [0.5, 0.6) is 0 Å². The van der Waals surface area contributed by atoms with E-state index in [9.17, 15) is 0 Å². The largest absolute Gasteiger partial charge is 0.398 e. The smallest absolute Gasteiger partial charge is 0.101 e. The van der Waals surface area contributed by atoms with E-state index in [0.717, 1.165) is 13.1 Å². The molecule has 3 nitrogen and oxygen atoms in total. The summed E-state index contributed by atoms with van der Waals surface area (Å²) in [6, 6.07) is 7.96. The number of nitrogens with two attached hydrogens (primary N) is 1. The zero-order valence-electron chi connectivity index (χ0n) is 12.1. The molecule has 1 aromatic carbocycles. The summed E-state index contributed by atoms with van der Waals surface area (Å²) < 4.78 is 0. The molecular formula is C17H23N3. The van der Waals surface area contributed by atoms with Gasteiger partial charge in [0.05, 0.1) is 11.3 Å². The maximum absolute atomic E-state index is 8.94. The molecule has 1 aliphatic carbocycles. The van der Waals surface area contributed by atoms with Crippen LogP contribution in [0.25, 0.3) is 0 Å². The standard InChI is InChI=1S/C17H23N3/c18-13-14-4-5-15(12-16(14)19)20-10-8-17(9-11-20)6-2-1-3-7-17/h4-5,12H,1-3,6-11,19H2. The number of benzene rings is 1. The van der Waals surface area contributed by atoms with Gasteiger partial charge in [-0.1, -0.05) is 19.3 Å². The average molecular weight is 269 g/mol. The van der Waals surface area contributed by atoms with Gasteiger partial charge in [0.15, 0.2) is 0 Å². The van der Waals surface area contributed by atoms with Crippen molar-refractivity contribution in [2.24, 2.45) is 5.41 Å². The van der Waals surface area contributed by atoms with E-state index in [0.29, 0.717) is 16.7 Å². The van der Waals surface area contributed by atoms with E-state index in [4.69, 9.17) is 11.0 Å². The van der Waals surface area contributed by atoms with Crippen molar-refractivity contribution in [3.05, 3.63) is 23.8 Å². The van der Waals surface area contributed by atoms with E-state index in [1.165, 1.54) is 50.6 Å². The summed E-state index contributed by atoms with van der Waals surface area (Å²) in [5.41, 5.74) is 8.91. The molecule has 2 aliphatic rings. The molecule has 3 heteroatoms. The van der Waals surface area contributed by atoms with Gasteiger partial charge in [0, 0.05) is 18.8 Å². The van der Waals surface area contributed by atoms with Gasteiger partial charge in [0.25, 0.3) is 0 Å². The predicted molar refractivity (Wildman–Crippen MR) is 82.5 cm³/mol. The molecule has 106 valence electrons. The van der Waals surface area contributed by atoms with Gasteiger partial charge in [-0.05, 0) is 49.3 Å². The van der Waals surface area contributed by atoms with Crippen LogP contribution in [0.15, 0.2) is 18.2 Å². The Bertz CT molecular complexity index is 514. The molecule has 1 saturated carbocycles. The van der Waals surface area contributed by atoms with Crippen LogP contribution < -0.4 is 10.6 Å². The first-order valence-electron chi connectivity index (χ1n) is 7.77. The van der Waals surface area contributed by atoms with Gasteiger partial charge < -0.3 is 10.6 Å². The number of hydrogen-bond donors (Lipinski definition) is 1. The molecule has 1 spiro atoms. The highest BCUT2D eigenvalue weighted by atomic mass is 15.1. The van der Waals surface area contributed by atoms with Crippen molar-refractivity contribution in [1.29, 1.82) is 5.26 Å². The maximum Gasteiger partial charge on any atom is 0.101 e. The number of piperidine rings is 1. The molecule has 3 rings (SSSR count). The minimum atomic E-state index is 0.578. The van der Waals surface area contributed by atoms with Crippen LogP contribution in [0.1, 0.15) is 50.5 Å². The van der Waals surface area contributed by atoms with Crippen molar-refractivity contribution >= 4 is 11.4 Å². The molecule has 0 atom stereocenters. The van der Waals surface area contributed by atoms with E-state index in [2.05, 4.69) is 11.0 Å². The number of anilines is 2. The van der Waals surface area contributed by atoms with E-state index in [1.807, 2.05) is 18.2 Å². The molecule has 1 aromatic rings. The summed E-state index contributed by atoms with van der Waals surface area (Å²) in [7, 11) is 0. The van der Waals surface area contributed by atoms with Gasteiger partial charge in [-0.15, -0.1) is 0 Å². The third-order valence-electron chi connectivity index (χ3n) is 5.26. The van der Waals surface area contributed by atoms with Crippen LogP contribution in [0.2, 0.25) is 0 Å². The van der Waals surface area contributed by atoms with Gasteiger partial charge in [0.2, 0.25) is 0 Å². The molecular weight excluding hydrogens is 246 g/mol. The molecule has 1 aliphatic heterocycles. The van der Waals surface area contributed by atoms with Crippen LogP contribution in [-0.4, -0.2) is 13.1 Å². The van der Waals surface area contributed by atoms with Gasteiger partial charge in [-0.3, -0.25) is 0 Å². The molecule has 1 heterocycles. The fraction of sp³-hybridized carbons (Fsp3) is 0.588. The van der Waals surface area contributed by atoms with Crippen molar-refractivity contribution in [2.45, 2.75) is 44.9 Å². The Morgan fingerprint density at radius 3 is 2.35 bits per heavy atom. The number of rotatable bonds is 1. The second-order valence-electron chi connectivity index (χ2n) is 6.43. The molecule has 2 N–H and O–H groups in total. The van der Waals surface area contributed by atoms with Crippen molar-refractivity contribution in [3.8, 4) is 6.07 Å². The quantitative estimate of drug-likeness (QED) is 0.791. The highest BCUT2D eigenvalue weighted by Gasteiger charge is 2.35. The number of nitrogen functional groups attached to an aromatic ring is 1. The Morgan fingerprint density at radius 1 is 1.05 bits per heavy atom. The van der Waals surface area contributed by atoms with Crippen LogP contribution in [0, 0.1) is 16.7 Å². The summed E-state index contributed by atoms with van der Waals surface area (Å²) in [6.07, 6.45) is 9.75. The van der Waals surface area contributed by atoms with E-state index >= 15 is 0 Å². The third-order valence-corrected chi connectivity index (χ3v) is 5.26. The first-order chi connectivity index (χ1) is 9.72. The minimum absolute atomic E-state index is 0.578. The Labute approximate surface area is 121 Å².